The van der Waals surface area contributed by atoms with Crippen molar-refractivity contribution >= 4 is 0 Å². The van der Waals surface area contributed by atoms with E-state index >= 15 is 0 Å². The van der Waals surface area contributed by atoms with Gasteiger partial charge in [0, 0.05) is 31.4 Å². The van der Waals surface area contributed by atoms with Crippen LogP contribution < -0.4 is 10.1 Å². The van der Waals surface area contributed by atoms with Crippen LogP contribution in [-0.2, 0) is 12.6 Å². The monoisotopic (exact) mass is 289 g/mol. The smallest absolute Gasteiger partial charge is 0.119 e. The van der Waals surface area contributed by atoms with Crippen molar-refractivity contribution in [2.45, 2.75) is 25.5 Å². The van der Waals surface area contributed by atoms with Gasteiger partial charge >= 0.3 is 0 Å². The Morgan fingerprint density at radius 2 is 2.24 bits per heavy atom. The summed E-state index contributed by atoms with van der Waals surface area (Å²) in [4.78, 5) is 0. The van der Waals surface area contributed by atoms with Gasteiger partial charge in [0.15, 0.2) is 0 Å². The highest BCUT2D eigenvalue weighted by Crippen LogP contribution is 2.22. The normalized spacial score (nSPS) is 15.5. The van der Waals surface area contributed by atoms with Crippen LogP contribution in [0.25, 0.3) is 0 Å². The van der Waals surface area contributed by atoms with Crippen molar-refractivity contribution in [2.24, 2.45) is 7.05 Å². The van der Waals surface area contributed by atoms with E-state index in [-0.39, 0.29) is 6.04 Å². The molecule has 21 heavy (non-hydrogen) atoms. The Morgan fingerprint density at radius 3 is 2.86 bits per heavy atom. The lowest BCUT2D eigenvalue weighted by atomic mass is 9.98. The summed E-state index contributed by atoms with van der Waals surface area (Å²) in [5, 5.41) is 18.0. The lowest BCUT2D eigenvalue weighted by Crippen LogP contribution is -2.36. The molecule has 2 atom stereocenters. The van der Waals surface area contributed by atoms with Gasteiger partial charge in [0.2, 0.25) is 0 Å². The van der Waals surface area contributed by atoms with Gasteiger partial charge in [-0.1, -0.05) is 12.1 Å². The number of rotatable bonds is 6. The average molecular weight is 289 g/mol. The molecule has 0 amide bonds. The Morgan fingerprint density at radius 1 is 1.48 bits per heavy atom. The second-order valence-corrected chi connectivity index (χ2v) is 5.56. The van der Waals surface area contributed by atoms with Crippen LogP contribution in [0.5, 0.6) is 5.75 Å². The third-order valence-electron chi connectivity index (χ3n) is 3.67. The van der Waals surface area contributed by atoms with E-state index in [2.05, 4.69) is 17.3 Å². The highest BCUT2D eigenvalue weighted by Gasteiger charge is 2.25. The largest absolute Gasteiger partial charge is 0.497 e. The zero-order valence-electron chi connectivity index (χ0n) is 13.0. The zero-order valence-corrected chi connectivity index (χ0v) is 13.0. The van der Waals surface area contributed by atoms with Crippen molar-refractivity contribution in [3.05, 3.63) is 47.8 Å². The molecular formula is C16H23N3O2. The molecule has 1 aromatic carbocycles. The second kappa shape index (κ2) is 6.28. The number of hydrogen-bond acceptors (Lipinski definition) is 4. The molecule has 0 aliphatic heterocycles. The predicted octanol–water partition coefficient (Wildman–Crippen LogP) is 1.99. The molecule has 1 aromatic heterocycles. The molecule has 2 N–H and O–H groups in total. The molecule has 114 valence electrons. The number of aliphatic hydroxyl groups is 1. The van der Waals surface area contributed by atoms with Gasteiger partial charge in [0.25, 0.3) is 0 Å². The standard InChI is InChI=1S/C16H23N3O2/c1-12(13-6-5-7-15(8-13)21-4)17-11-16(2,20)14-9-18-19(3)10-14/h5-10,12,17,20H,11H2,1-4H3. The van der Waals surface area contributed by atoms with Gasteiger partial charge in [-0.15, -0.1) is 0 Å². The lowest BCUT2D eigenvalue weighted by Gasteiger charge is -2.25. The first-order chi connectivity index (χ1) is 9.92. The minimum absolute atomic E-state index is 0.114. The van der Waals surface area contributed by atoms with E-state index in [4.69, 9.17) is 4.74 Å². The fourth-order valence-corrected chi connectivity index (χ4v) is 2.18. The Bertz CT molecular complexity index is 593. The third kappa shape index (κ3) is 3.83. The van der Waals surface area contributed by atoms with Gasteiger partial charge in [0.1, 0.15) is 11.4 Å². The fourth-order valence-electron chi connectivity index (χ4n) is 2.18. The van der Waals surface area contributed by atoms with Crippen molar-refractivity contribution in [3.8, 4) is 5.75 Å². The van der Waals surface area contributed by atoms with Crippen LogP contribution in [-0.4, -0.2) is 28.5 Å². The van der Waals surface area contributed by atoms with Crippen LogP contribution in [0.2, 0.25) is 0 Å². The number of ether oxygens (including phenoxy) is 1. The number of hydrogen-bond donors (Lipinski definition) is 2. The maximum Gasteiger partial charge on any atom is 0.119 e. The Kier molecular flexibility index (Phi) is 4.65. The molecule has 2 unspecified atom stereocenters. The van der Waals surface area contributed by atoms with E-state index < -0.39 is 5.60 Å². The molecular weight excluding hydrogens is 266 g/mol. The van der Waals surface area contributed by atoms with Crippen LogP contribution in [0.1, 0.15) is 31.0 Å². The van der Waals surface area contributed by atoms with E-state index in [9.17, 15) is 5.11 Å². The molecule has 0 spiro atoms. The summed E-state index contributed by atoms with van der Waals surface area (Å²) in [6.45, 7) is 4.29. The first kappa shape index (κ1) is 15.5. The van der Waals surface area contributed by atoms with E-state index in [0.29, 0.717) is 6.54 Å². The highest BCUT2D eigenvalue weighted by molar-refractivity contribution is 5.30. The number of methoxy groups -OCH3 is 1. The first-order valence-corrected chi connectivity index (χ1v) is 7.01. The number of nitrogens with one attached hydrogen (secondary N) is 1. The van der Waals surface area contributed by atoms with E-state index in [1.807, 2.05) is 37.5 Å². The molecule has 0 aliphatic rings. The van der Waals surface area contributed by atoms with Crippen molar-refractivity contribution < 1.29 is 9.84 Å². The van der Waals surface area contributed by atoms with Gasteiger partial charge < -0.3 is 15.2 Å². The molecule has 0 saturated heterocycles. The molecule has 2 aromatic rings. The summed E-state index contributed by atoms with van der Waals surface area (Å²) in [7, 11) is 3.50. The van der Waals surface area contributed by atoms with Gasteiger partial charge in [-0.25, -0.2) is 0 Å². The Hall–Kier alpha value is -1.85. The van der Waals surface area contributed by atoms with Crippen LogP contribution >= 0.6 is 0 Å². The van der Waals surface area contributed by atoms with Crippen LogP contribution in [0.4, 0.5) is 0 Å². The van der Waals surface area contributed by atoms with Gasteiger partial charge in [-0.2, -0.15) is 5.10 Å². The molecule has 5 heteroatoms. The maximum absolute atomic E-state index is 10.6. The quantitative estimate of drug-likeness (QED) is 0.854. The molecule has 0 fully saturated rings. The van der Waals surface area contributed by atoms with Crippen molar-refractivity contribution in [3.63, 3.8) is 0 Å². The van der Waals surface area contributed by atoms with Crippen LogP contribution in [0.15, 0.2) is 36.7 Å². The van der Waals surface area contributed by atoms with Crippen LogP contribution in [0.3, 0.4) is 0 Å². The van der Waals surface area contributed by atoms with E-state index in [1.165, 1.54) is 0 Å². The molecule has 1 heterocycles. The molecule has 0 saturated carbocycles. The van der Waals surface area contributed by atoms with E-state index in [0.717, 1.165) is 16.9 Å². The van der Waals surface area contributed by atoms with Gasteiger partial charge in [-0.3, -0.25) is 4.68 Å². The van der Waals surface area contributed by atoms with E-state index in [1.54, 1.807) is 24.9 Å². The summed E-state index contributed by atoms with van der Waals surface area (Å²) in [5.41, 5.74) is 0.966. The summed E-state index contributed by atoms with van der Waals surface area (Å²) in [6.07, 6.45) is 3.52. The van der Waals surface area contributed by atoms with Crippen LogP contribution in [0, 0.1) is 0 Å². The number of aryl methyl sites for hydroxylation is 1. The molecule has 5 nitrogen and oxygen atoms in total. The van der Waals surface area contributed by atoms with Crippen molar-refractivity contribution in [1.82, 2.24) is 15.1 Å². The summed E-state index contributed by atoms with van der Waals surface area (Å²) in [6, 6.07) is 8.03. The minimum atomic E-state index is -0.957. The Labute approximate surface area is 125 Å². The number of nitrogens with zero attached hydrogens (tertiary/aromatic N) is 2. The minimum Gasteiger partial charge on any atom is -0.497 e. The molecule has 0 bridgehead atoms. The lowest BCUT2D eigenvalue weighted by molar-refractivity contribution is 0.0543. The maximum atomic E-state index is 10.6. The zero-order chi connectivity index (χ0) is 15.5. The third-order valence-corrected chi connectivity index (χ3v) is 3.67. The Balaban J connectivity index is 2.01. The number of benzene rings is 1. The predicted molar refractivity (Wildman–Crippen MR) is 82.2 cm³/mol. The van der Waals surface area contributed by atoms with Gasteiger partial charge in [0.05, 0.1) is 13.3 Å². The summed E-state index contributed by atoms with van der Waals surface area (Å²) >= 11 is 0. The number of aromatic nitrogens is 2. The average Bonchev–Trinajstić information content (AvgIpc) is 2.92. The van der Waals surface area contributed by atoms with Crippen molar-refractivity contribution in [1.29, 1.82) is 0 Å². The fraction of sp³-hybridized carbons (Fsp3) is 0.438. The first-order valence-electron chi connectivity index (χ1n) is 7.01. The second-order valence-electron chi connectivity index (χ2n) is 5.56. The molecule has 0 aliphatic carbocycles. The molecule has 0 radical (unpaired) electrons. The molecule has 2 rings (SSSR count). The topological polar surface area (TPSA) is 59.3 Å². The van der Waals surface area contributed by atoms with Gasteiger partial charge in [-0.05, 0) is 31.5 Å². The van der Waals surface area contributed by atoms with Crippen molar-refractivity contribution in [2.75, 3.05) is 13.7 Å². The summed E-state index contributed by atoms with van der Waals surface area (Å²) < 4.78 is 6.92. The SMILES string of the molecule is COc1cccc(C(C)NCC(C)(O)c2cnn(C)c2)c1. The highest BCUT2D eigenvalue weighted by atomic mass is 16.5. The summed E-state index contributed by atoms with van der Waals surface area (Å²) in [5.74, 6) is 0.833.